The standard InChI is InChI=1S/C16H26N2O2S/c1-3-11-17-12-14-7-9-16(10-8-14)21(19,20)18(4-2)13-15-5-6-15/h7-10,15,17H,3-6,11-13H2,1-2H3. The SMILES string of the molecule is CCCNCc1ccc(S(=O)(=O)N(CC)CC2CC2)cc1. The molecule has 21 heavy (non-hydrogen) atoms. The second kappa shape index (κ2) is 7.38. The molecule has 1 N–H and O–H groups in total. The first-order chi connectivity index (χ1) is 10.1. The summed E-state index contributed by atoms with van der Waals surface area (Å²) < 4.78 is 26.8. The third-order valence-corrected chi connectivity index (χ3v) is 5.78. The van der Waals surface area contributed by atoms with Crippen molar-refractivity contribution in [1.82, 2.24) is 9.62 Å². The molecule has 1 aromatic rings. The van der Waals surface area contributed by atoms with Crippen LogP contribution in [0, 0.1) is 5.92 Å². The van der Waals surface area contributed by atoms with Crippen molar-refractivity contribution in [3.8, 4) is 0 Å². The molecule has 2 rings (SSSR count). The highest BCUT2D eigenvalue weighted by Crippen LogP contribution is 2.31. The summed E-state index contributed by atoms with van der Waals surface area (Å²) in [5, 5.41) is 3.32. The molecule has 0 amide bonds. The second-order valence-electron chi connectivity index (χ2n) is 5.72. The Bertz CT molecular complexity index is 536. The minimum atomic E-state index is -3.34. The van der Waals surface area contributed by atoms with Gasteiger partial charge in [0.05, 0.1) is 4.90 Å². The molecule has 1 aliphatic carbocycles. The van der Waals surface area contributed by atoms with Crippen LogP contribution in [-0.2, 0) is 16.6 Å². The molecule has 0 atom stereocenters. The van der Waals surface area contributed by atoms with E-state index in [0.717, 1.165) is 37.9 Å². The van der Waals surface area contributed by atoms with Crippen LogP contribution in [0.5, 0.6) is 0 Å². The maximum absolute atomic E-state index is 12.6. The third-order valence-electron chi connectivity index (χ3n) is 3.83. The smallest absolute Gasteiger partial charge is 0.243 e. The fourth-order valence-corrected chi connectivity index (χ4v) is 3.85. The van der Waals surface area contributed by atoms with Gasteiger partial charge >= 0.3 is 0 Å². The highest BCUT2D eigenvalue weighted by Gasteiger charge is 2.30. The lowest BCUT2D eigenvalue weighted by atomic mass is 10.2. The molecule has 118 valence electrons. The normalized spacial score (nSPS) is 15.6. The van der Waals surface area contributed by atoms with E-state index in [-0.39, 0.29) is 0 Å². The molecule has 0 heterocycles. The first kappa shape index (κ1) is 16.5. The van der Waals surface area contributed by atoms with Crippen LogP contribution < -0.4 is 5.32 Å². The monoisotopic (exact) mass is 310 g/mol. The lowest BCUT2D eigenvalue weighted by Crippen LogP contribution is -2.32. The summed E-state index contributed by atoms with van der Waals surface area (Å²) in [5.41, 5.74) is 1.12. The van der Waals surface area contributed by atoms with Gasteiger partial charge in [-0.2, -0.15) is 4.31 Å². The van der Waals surface area contributed by atoms with Crippen molar-refractivity contribution < 1.29 is 8.42 Å². The molecule has 0 radical (unpaired) electrons. The number of nitrogens with one attached hydrogen (secondary N) is 1. The van der Waals surface area contributed by atoms with Gasteiger partial charge in [0.15, 0.2) is 0 Å². The molecule has 0 saturated heterocycles. The first-order valence-electron chi connectivity index (χ1n) is 7.87. The van der Waals surface area contributed by atoms with Crippen molar-refractivity contribution >= 4 is 10.0 Å². The molecule has 0 aliphatic heterocycles. The van der Waals surface area contributed by atoms with E-state index in [1.165, 1.54) is 0 Å². The summed E-state index contributed by atoms with van der Waals surface area (Å²) in [4.78, 5) is 0.407. The topological polar surface area (TPSA) is 49.4 Å². The van der Waals surface area contributed by atoms with Gasteiger partial charge in [-0.3, -0.25) is 0 Å². The second-order valence-corrected chi connectivity index (χ2v) is 7.66. The highest BCUT2D eigenvalue weighted by molar-refractivity contribution is 7.89. The molecule has 5 heteroatoms. The van der Waals surface area contributed by atoms with Crippen LogP contribution in [0.3, 0.4) is 0 Å². The quantitative estimate of drug-likeness (QED) is 0.713. The molecule has 0 spiro atoms. The average molecular weight is 310 g/mol. The van der Waals surface area contributed by atoms with E-state index >= 15 is 0 Å². The predicted molar refractivity (Wildman–Crippen MR) is 85.6 cm³/mol. The van der Waals surface area contributed by atoms with E-state index in [1.54, 1.807) is 16.4 Å². The Kier molecular flexibility index (Phi) is 5.79. The zero-order valence-electron chi connectivity index (χ0n) is 13.0. The van der Waals surface area contributed by atoms with Crippen LogP contribution in [0.15, 0.2) is 29.2 Å². The number of nitrogens with zero attached hydrogens (tertiary/aromatic N) is 1. The molecule has 4 nitrogen and oxygen atoms in total. The number of sulfonamides is 1. The van der Waals surface area contributed by atoms with Crippen molar-refractivity contribution in [2.24, 2.45) is 5.92 Å². The molecular formula is C16H26N2O2S. The van der Waals surface area contributed by atoms with Gasteiger partial charge in [0, 0.05) is 19.6 Å². The molecule has 0 aromatic heterocycles. The van der Waals surface area contributed by atoms with Gasteiger partial charge < -0.3 is 5.32 Å². The summed E-state index contributed by atoms with van der Waals surface area (Å²) in [6.45, 7) is 7.00. The molecule has 1 fully saturated rings. The molecule has 1 saturated carbocycles. The number of hydrogen-bond acceptors (Lipinski definition) is 3. The zero-order chi connectivity index (χ0) is 15.3. The van der Waals surface area contributed by atoms with Gasteiger partial charge in [0.1, 0.15) is 0 Å². The van der Waals surface area contributed by atoms with E-state index < -0.39 is 10.0 Å². The first-order valence-corrected chi connectivity index (χ1v) is 9.31. The van der Waals surface area contributed by atoms with Crippen LogP contribution in [-0.4, -0.2) is 32.4 Å². The van der Waals surface area contributed by atoms with Gasteiger partial charge in [-0.25, -0.2) is 8.42 Å². The molecule has 1 aliphatic rings. The molecular weight excluding hydrogens is 284 g/mol. The Labute approximate surface area is 128 Å². The Hall–Kier alpha value is -0.910. The van der Waals surface area contributed by atoms with E-state index in [0.29, 0.717) is 23.9 Å². The van der Waals surface area contributed by atoms with Gasteiger partial charge in [-0.1, -0.05) is 26.0 Å². The van der Waals surface area contributed by atoms with E-state index in [9.17, 15) is 8.42 Å². The minimum Gasteiger partial charge on any atom is -0.313 e. The van der Waals surface area contributed by atoms with Gasteiger partial charge in [0.25, 0.3) is 0 Å². The Balaban J connectivity index is 2.04. The Morgan fingerprint density at radius 1 is 1.19 bits per heavy atom. The third kappa shape index (κ3) is 4.53. The Morgan fingerprint density at radius 3 is 2.38 bits per heavy atom. The van der Waals surface area contributed by atoms with Crippen molar-refractivity contribution in [3.63, 3.8) is 0 Å². The average Bonchev–Trinajstić information content (AvgIpc) is 3.29. The molecule has 1 aromatic carbocycles. The predicted octanol–water partition coefficient (Wildman–Crippen LogP) is 2.61. The van der Waals surface area contributed by atoms with Gasteiger partial charge in [-0.15, -0.1) is 0 Å². The summed E-state index contributed by atoms with van der Waals surface area (Å²) >= 11 is 0. The Morgan fingerprint density at radius 2 is 1.86 bits per heavy atom. The van der Waals surface area contributed by atoms with Crippen LogP contribution >= 0.6 is 0 Å². The summed E-state index contributed by atoms with van der Waals surface area (Å²) in [7, 11) is -3.34. The number of hydrogen-bond donors (Lipinski definition) is 1. The van der Waals surface area contributed by atoms with Crippen LogP contribution in [0.1, 0.15) is 38.7 Å². The summed E-state index contributed by atoms with van der Waals surface area (Å²) in [6, 6.07) is 7.27. The van der Waals surface area contributed by atoms with Gasteiger partial charge in [0.2, 0.25) is 10.0 Å². The van der Waals surface area contributed by atoms with Crippen molar-refractivity contribution in [3.05, 3.63) is 29.8 Å². The fraction of sp³-hybridized carbons (Fsp3) is 0.625. The lowest BCUT2D eigenvalue weighted by molar-refractivity contribution is 0.412. The highest BCUT2D eigenvalue weighted by atomic mass is 32.2. The zero-order valence-corrected chi connectivity index (χ0v) is 13.8. The largest absolute Gasteiger partial charge is 0.313 e. The fourth-order valence-electron chi connectivity index (χ4n) is 2.32. The van der Waals surface area contributed by atoms with Crippen molar-refractivity contribution in [2.45, 2.75) is 44.6 Å². The maximum Gasteiger partial charge on any atom is 0.243 e. The minimum absolute atomic E-state index is 0.407. The molecule has 0 unspecified atom stereocenters. The lowest BCUT2D eigenvalue weighted by Gasteiger charge is -2.20. The van der Waals surface area contributed by atoms with Crippen molar-refractivity contribution in [2.75, 3.05) is 19.6 Å². The summed E-state index contributed by atoms with van der Waals surface area (Å²) in [5.74, 6) is 0.567. The van der Waals surface area contributed by atoms with Crippen LogP contribution in [0.4, 0.5) is 0 Å². The molecule has 0 bridgehead atoms. The van der Waals surface area contributed by atoms with Gasteiger partial charge in [-0.05, 0) is 49.4 Å². The number of rotatable bonds is 9. The van der Waals surface area contributed by atoms with Crippen molar-refractivity contribution in [1.29, 1.82) is 0 Å². The van der Waals surface area contributed by atoms with E-state index in [4.69, 9.17) is 0 Å². The van der Waals surface area contributed by atoms with Crippen LogP contribution in [0.25, 0.3) is 0 Å². The summed E-state index contributed by atoms with van der Waals surface area (Å²) in [6.07, 6.45) is 3.42. The maximum atomic E-state index is 12.6. The van der Waals surface area contributed by atoms with E-state index in [1.807, 2.05) is 19.1 Å². The van der Waals surface area contributed by atoms with E-state index in [2.05, 4.69) is 12.2 Å². The number of benzene rings is 1. The van der Waals surface area contributed by atoms with Crippen LogP contribution in [0.2, 0.25) is 0 Å².